The van der Waals surface area contributed by atoms with Crippen LogP contribution in [0.1, 0.15) is 15.9 Å². The van der Waals surface area contributed by atoms with E-state index in [2.05, 4.69) is 15.6 Å². The lowest BCUT2D eigenvalue weighted by molar-refractivity contribution is -0.384. The number of hydrogen-bond acceptors (Lipinski definition) is 6. The quantitative estimate of drug-likeness (QED) is 0.201. The Labute approximate surface area is 205 Å². The van der Waals surface area contributed by atoms with Gasteiger partial charge in [0.2, 0.25) is 0 Å². The van der Waals surface area contributed by atoms with Crippen molar-refractivity contribution in [2.75, 3.05) is 0 Å². The lowest BCUT2D eigenvalue weighted by Crippen LogP contribution is -2.17. The number of carbonyl (C=O) groups excluding carboxylic acids is 1. The highest BCUT2D eigenvalue weighted by atomic mass is 16.6. The average Bonchev–Trinajstić information content (AvgIpc) is 3.33. The summed E-state index contributed by atoms with van der Waals surface area (Å²) in [5.74, 6) is -0.738. The van der Waals surface area contributed by atoms with Gasteiger partial charge in [-0.05, 0) is 35.0 Å². The Morgan fingerprint density at radius 1 is 0.972 bits per heavy atom. The van der Waals surface area contributed by atoms with Crippen LogP contribution in [-0.4, -0.2) is 31.9 Å². The number of fused-ring (bicyclic) bond motifs is 1. The van der Waals surface area contributed by atoms with Crippen LogP contribution in [0.5, 0.6) is 5.75 Å². The fourth-order valence-corrected chi connectivity index (χ4v) is 3.82. The molecule has 0 saturated heterocycles. The van der Waals surface area contributed by atoms with Gasteiger partial charge in [-0.1, -0.05) is 54.6 Å². The number of hydrazone groups is 1. The maximum absolute atomic E-state index is 12.7. The lowest BCUT2D eigenvalue weighted by atomic mass is 10.1. The third kappa shape index (κ3) is 4.53. The predicted molar refractivity (Wildman–Crippen MR) is 136 cm³/mol. The molecule has 4 aromatic carbocycles. The minimum Gasteiger partial charge on any atom is -0.507 e. The molecule has 0 bridgehead atoms. The summed E-state index contributed by atoms with van der Waals surface area (Å²) in [5.41, 5.74) is 4.75. The highest BCUT2D eigenvalue weighted by molar-refractivity contribution is 6.02. The number of phenols is 1. The van der Waals surface area contributed by atoms with Gasteiger partial charge >= 0.3 is 0 Å². The molecule has 0 aliphatic heterocycles. The number of amides is 1. The summed E-state index contributed by atoms with van der Waals surface area (Å²) in [6, 6.07) is 26.0. The van der Waals surface area contributed by atoms with E-state index in [1.54, 1.807) is 29.1 Å². The number of nitrogens with zero attached hydrogens (tertiary/aromatic N) is 4. The molecule has 0 unspecified atom stereocenters. The van der Waals surface area contributed by atoms with Gasteiger partial charge < -0.3 is 5.11 Å². The zero-order valence-corrected chi connectivity index (χ0v) is 18.8. The van der Waals surface area contributed by atoms with Crippen LogP contribution in [0.4, 0.5) is 5.69 Å². The average molecular weight is 477 g/mol. The van der Waals surface area contributed by atoms with E-state index in [1.807, 2.05) is 54.6 Å². The standard InChI is InChI=1S/C27H19N5O4/c33-25-15-19-8-5-4-7-18(19)14-24(25)27(34)29-28-16-21-17-31(22-10-2-1-3-11-22)30-26(21)20-9-6-12-23(13-20)32(35)36/h1-17,33H,(H,29,34). The van der Waals surface area contributed by atoms with Crippen molar-refractivity contribution in [2.24, 2.45) is 5.10 Å². The smallest absolute Gasteiger partial charge is 0.275 e. The number of aromatic hydroxyl groups is 1. The van der Waals surface area contributed by atoms with E-state index in [1.165, 1.54) is 24.4 Å². The topological polar surface area (TPSA) is 123 Å². The van der Waals surface area contributed by atoms with Crippen LogP contribution in [0, 0.1) is 10.1 Å². The number of aromatic nitrogens is 2. The molecule has 5 rings (SSSR count). The number of non-ortho nitro benzene ring substituents is 1. The zero-order valence-electron chi connectivity index (χ0n) is 18.8. The number of rotatable bonds is 6. The molecule has 0 atom stereocenters. The minimum atomic E-state index is -0.582. The van der Waals surface area contributed by atoms with Gasteiger partial charge in [0.05, 0.1) is 22.4 Å². The second-order valence-corrected chi connectivity index (χ2v) is 7.94. The molecule has 0 aliphatic rings. The summed E-state index contributed by atoms with van der Waals surface area (Å²) < 4.78 is 1.63. The maximum atomic E-state index is 12.7. The fourth-order valence-electron chi connectivity index (χ4n) is 3.82. The minimum absolute atomic E-state index is 0.0651. The largest absolute Gasteiger partial charge is 0.507 e. The van der Waals surface area contributed by atoms with E-state index in [0.29, 0.717) is 16.8 Å². The first kappa shape index (κ1) is 22.5. The first-order valence-electron chi connectivity index (χ1n) is 10.9. The Morgan fingerprint density at radius 2 is 1.69 bits per heavy atom. The molecule has 0 fully saturated rings. The number of phenolic OH excluding ortho intramolecular Hbond substituents is 1. The Bertz CT molecular complexity index is 1630. The van der Waals surface area contributed by atoms with Crippen molar-refractivity contribution in [3.63, 3.8) is 0 Å². The molecular formula is C27H19N5O4. The Balaban J connectivity index is 1.47. The van der Waals surface area contributed by atoms with Gasteiger partial charge in [0.15, 0.2) is 0 Å². The second-order valence-electron chi connectivity index (χ2n) is 7.94. The second kappa shape index (κ2) is 9.51. The fraction of sp³-hybridized carbons (Fsp3) is 0. The van der Waals surface area contributed by atoms with Gasteiger partial charge in [-0.3, -0.25) is 14.9 Å². The monoisotopic (exact) mass is 477 g/mol. The van der Waals surface area contributed by atoms with Crippen molar-refractivity contribution in [1.29, 1.82) is 0 Å². The number of hydrogen-bond donors (Lipinski definition) is 2. The number of nitro groups is 1. The Kier molecular flexibility index (Phi) is 5.94. The molecule has 1 amide bonds. The zero-order chi connectivity index (χ0) is 25.1. The van der Waals surface area contributed by atoms with Gasteiger partial charge in [0.1, 0.15) is 11.4 Å². The SMILES string of the molecule is O=C(NN=Cc1cn(-c2ccccc2)nc1-c1cccc([N+](=O)[O-])c1)c1cc2ccccc2cc1O. The summed E-state index contributed by atoms with van der Waals surface area (Å²) in [6.45, 7) is 0. The van der Waals surface area contributed by atoms with Crippen LogP contribution in [0.2, 0.25) is 0 Å². The van der Waals surface area contributed by atoms with Crippen molar-refractivity contribution in [2.45, 2.75) is 0 Å². The van der Waals surface area contributed by atoms with Crippen molar-refractivity contribution in [1.82, 2.24) is 15.2 Å². The van der Waals surface area contributed by atoms with Crippen molar-refractivity contribution in [3.05, 3.63) is 118 Å². The van der Waals surface area contributed by atoms with Crippen LogP contribution in [0.3, 0.4) is 0 Å². The summed E-state index contributed by atoms with van der Waals surface area (Å²) in [6.07, 6.45) is 3.13. The summed E-state index contributed by atoms with van der Waals surface area (Å²) >= 11 is 0. The molecule has 0 spiro atoms. The third-order valence-electron chi connectivity index (χ3n) is 5.57. The van der Waals surface area contributed by atoms with Crippen LogP contribution in [0.25, 0.3) is 27.7 Å². The van der Waals surface area contributed by atoms with E-state index >= 15 is 0 Å². The van der Waals surface area contributed by atoms with Gasteiger partial charge in [0, 0.05) is 29.5 Å². The molecule has 0 aliphatic carbocycles. The van der Waals surface area contributed by atoms with E-state index in [9.17, 15) is 20.0 Å². The molecule has 9 nitrogen and oxygen atoms in total. The van der Waals surface area contributed by atoms with Gasteiger partial charge in [-0.2, -0.15) is 10.2 Å². The molecule has 176 valence electrons. The van der Waals surface area contributed by atoms with Gasteiger partial charge in [-0.25, -0.2) is 10.1 Å². The molecule has 1 heterocycles. The molecule has 1 aromatic heterocycles. The molecule has 36 heavy (non-hydrogen) atoms. The van der Waals surface area contributed by atoms with Crippen molar-refractivity contribution < 1.29 is 14.8 Å². The van der Waals surface area contributed by atoms with Gasteiger partial charge in [-0.15, -0.1) is 0 Å². The predicted octanol–water partition coefficient (Wildman–Crippen LogP) is 5.07. The van der Waals surface area contributed by atoms with Crippen molar-refractivity contribution >= 4 is 28.6 Å². The molecule has 0 radical (unpaired) electrons. The van der Waals surface area contributed by atoms with Crippen LogP contribution < -0.4 is 5.43 Å². The lowest BCUT2D eigenvalue weighted by Gasteiger charge is -2.05. The van der Waals surface area contributed by atoms with E-state index in [4.69, 9.17) is 0 Å². The number of carbonyl (C=O) groups is 1. The van der Waals surface area contributed by atoms with Crippen LogP contribution >= 0.6 is 0 Å². The highest BCUT2D eigenvalue weighted by Gasteiger charge is 2.15. The van der Waals surface area contributed by atoms with Crippen LogP contribution in [0.15, 0.2) is 102 Å². The Hall–Kier alpha value is -5.31. The Morgan fingerprint density at radius 3 is 2.44 bits per heavy atom. The molecular weight excluding hydrogens is 458 g/mol. The maximum Gasteiger partial charge on any atom is 0.275 e. The van der Waals surface area contributed by atoms with Gasteiger partial charge in [0.25, 0.3) is 11.6 Å². The number of nitrogens with one attached hydrogen (secondary N) is 1. The summed E-state index contributed by atoms with van der Waals surface area (Å²) in [7, 11) is 0. The molecule has 0 saturated carbocycles. The van der Waals surface area contributed by atoms with E-state index < -0.39 is 10.8 Å². The van der Waals surface area contributed by atoms with E-state index in [-0.39, 0.29) is 17.0 Å². The molecule has 5 aromatic rings. The summed E-state index contributed by atoms with van der Waals surface area (Å²) in [5, 5.41) is 31.9. The van der Waals surface area contributed by atoms with E-state index in [0.717, 1.165) is 16.5 Å². The number of nitro benzene ring substituents is 1. The molecule has 2 N–H and O–H groups in total. The number of benzene rings is 4. The highest BCUT2D eigenvalue weighted by Crippen LogP contribution is 2.27. The first-order chi connectivity index (χ1) is 17.5. The summed E-state index contributed by atoms with van der Waals surface area (Å²) in [4.78, 5) is 23.5. The third-order valence-corrected chi connectivity index (χ3v) is 5.57. The molecule has 9 heteroatoms. The van der Waals surface area contributed by atoms with Crippen molar-refractivity contribution in [3.8, 4) is 22.7 Å². The van der Waals surface area contributed by atoms with Crippen LogP contribution in [-0.2, 0) is 0 Å². The number of para-hydroxylation sites is 1. The normalized spacial score (nSPS) is 11.1. The first-order valence-corrected chi connectivity index (χ1v) is 10.9.